The molecule has 0 unspecified atom stereocenters. The summed E-state index contributed by atoms with van der Waals surface area (Å²) in [6.45, 7) is 10.1. The SMILES string of the molecule is CCNC(=O)CCn1cc(CNC(C)(C)C)nn1. The average molecular weight is 253 g/mol. The van der Waals surface area contributed by atoms with Crippen molar-refractivity contribution in [1.82, 2.24) is 25.6 Å². The van der Waals surface area contributed by atoms with Crippen LogP contribution in [0, 0.1) is 0 Å². The van der Waals surface area contributed by atoms with Crippen LogP contribution in [0.3, 0.4) is 0 Å². The minimum Gasteiger partial charge on any atom is -0.356 e. The third kappa shape index (κ3) is 5.77. The van der Waals surface area contributed by atoms with Crippen molar-refractivity contribution in [3.05, 3.63) is 11.9 Å². The maximum atomic E-state index is 11.3. The van der Waals surface area contributed by atoms with E-state index in [-0.39, 0.29) is 11.4 Å². The number of hydrogen-bond acceptors (Lipinski definition) is 4. The molecule has 0 aliphatic heterocycles. The Balaban J connectivity index is 2.36. The number of hydrogen-bond donors (Lipinski definition) is 2. The number of carbonyl (C=O) groups excluding carboxylic acids is 1. The Morgan fingerprint density at radius 2 is 2.17 bits per heavy atom. The van der Waals surface area contributed by atoms with Crippen LogP contribution in [0.15, 0.2) is 6.20 Å². The molecule has 0 saturated carbocycles. The molecule has 0 atom stereocenters. The second-order valence-corrected chi connectivity index (χ2v) is 5.28. The fourth-order valence-electron chi connectivity index (χ4n) is 1.39. The molecule has 1 amide bonds. The normalized spacial score (nSPS) is 11.6. The van der Waals surface area contributed by atoms with E-state index in [0.717, 1.165) is 5.69 Å². The first-order valence-electron chi connectivity index (χ1n) is 6.31. The standard InChI is InChI=1S/C12H23N5O/c1-5-13-11(18)6-7-17-9-10(15-16-17)8-14-12(2,3)4/h9,14H,5-8H2,1-4H3,(H,13,18). The van der Waals surface area contributed by atoms with Crippen LogP contribution in [0.25, 0.3) is 0 Å². The molecule has 1 aromatic heterocycles. The van der Waals surface area contributed by atoms with Gasteiger partial charge in [-0.05, 0) is 27.7 Å². The van der Waals surface area contributed by atoms with Gasteiger partial charge in [0.15, 0.2) is 0 Å². The van der Waals surface area contributed by atoms with E-state index in [1.54, 1.807) is 4.68 Å². The number of carbonyl (C=O) groups is 1. The summed E-state index contributed by atoms with van der Waals surface area (Å²) in [4.78, 5) is 11.3. The maximum Gasteiger partial charge on any atom is 0.221 e. The lowest BCUT2D eigenvalue weighted by Gasteiger charge is -2.19. The fraction of sp³-hybridized carbons (Fsp3) is 0.750. The molecule has 0 radical (unpaired) electrons. The number of rotatable bonds is 6. The lowest BCUT2D eigenvalue weighted by Crippen LogP contribution is -2.35. The molecule has 1 rings (SSSR count). The van der Waals surface area contributed by atoms with Gasteiger partial charge in [0.25, 0.3) is 0 Å². The topological polar surface area (TPSA) is 71.8 Å². The highest BCUT2D eigenvalue weighted by Gasteiger charge is 2.10. The Morgan fingerprint density at radius 3 is 2.78 bits per heavy atom. The molecular weight excluding hydrogens is 230 g/mol. The van der Waals surface area contributed by atoms with Crippen LogP contribution < -0.4 is 10.6 Å². The molecule has 0 saturated heterocycles. The highest BCUT2D eigenvalue weighted by Crippen LogP contribution is 2.01. The van der Waals surface area contributed by atoms with Gasteiger partial charge in [-0.25, -0.2) is 0 Å². The Labute approximate surface area is 108 Å². The molecule has 0 aromatic carbocycles. The van der Waals surface area contributed by atoms with Crippen molar-refractivity contribution in [3.8, 4) is 0 Å². The van der Waals surface area contributed by atoms with E-state index < -0.39 is 0 Å². The molecule has 6 nitrogen and oxygen atoms in total. The highest BCUT2D eigenvalue weighted by molar-refractivity contribution is 5.75. The molecule has 0 fully saturated rings. The lowest BCUT2D eigenvalue weighted by atomic mass is 10.1. The van der Waals surface area contributed by atoms with Gasteiger partial charge in [-0.1, -0.05) is 5.21 Å². The van der Waals surface area contributed by atoms with Crippen LogP contribution in [-0.4, -0.2) is 33.0 Å². The predicted octanol–water partition coefficient (Wildman–Crippen LogP) is 0.692. The van der Waals surface area contributed by atoms with Gasteiger partial charge in [0, 0.05) is 31.2 Å². The summed E-state index contributed by atoms with van der Waals surface area (Å²) >= 11 is 0. The molecule has 0 spiro atoms. The molecule has 18 heavy (non-hydrogen) atoms. The van der Waals surface area contributed by atoms with Crippen molar-refractivity contribution in [2.45, 2.75) is 52.7 Å². The van der Waals surface area contributed by atoms with E-state index in [0.29, 0.717) is 26.1 Å². The Hall–Kier alpha value is -1.43. The van der Waals surface area contributed by atoms with Gasteiger partial charge in [-0.2, -0.15) is 0 Å². The third-order valence-electron chi connectivity index (χ3n) is 2.33. The number of nitrogens with zero attached hydrogens (tertiary/aromatic N) is 3. The third-order valence-corrected chi connectivity index (χ3v) is 2.33. The smallest absolute Gasteiger partial charge is 0.221 e. The fourth-order valence-corrected chi connectivity index (χ4v) is 1.39. The van der Waals surface area contributed by atoms with Crippen molar-refractivity contribution in [2.75, 3.05) is 6.54 Å². The van der Waals surface area contributed by atoms with Crippen LogP contribution >= 0.6 is 0 Å². The van der Waals surface area contributed by atoms with Crippen LogP contribution in [0.5, 0.6) is 0 Å². The number of aryl methyl sites for hydroxylation is 1. The van der Waals surface area contributed by atoms with Gasteiger partial charge < -0.3 is 10.6 Å². The van der Waals surface area contributed by atoms with E-state index in [4.69, 9.17) is 0 Å². The summed E-state index contributed by atoms with van der Waals surface area (Å²) < 4.78 is 1.70. The molecule has 0 aliphatic rings. The summed E-state index contributed by atoms with van der Waals surface area (Å²) in [6, 6.07) is 0. The van der Waals surface area contributed by atoms with Gasteiger partial charge in [-0.3, -0.25) is 9.48 Å². The van der Waals surface area contributed by atoms with Crippen molar-refractivity contribution < 1.29 is 4.79 Å². The Bertz CT molecular complexity index is 380. The van der Waals surface area contributed by atoms with Crippen LogP contribution in [0.1, 0.15) is 39.8 Å². The van der Waals surface area contributed by atoms with Crippen molar-refractivity contribution >= 4 is 5.91 Å². The molecule has 1 aromatic rings. The Kier molecular flexibility index (Phi) is 5.27. The first kappa shape index (κ1) is 14.6. The zero-order chi connectivity index (χ0) is 13.6. The maximum absolute atomic E-state index is 11.3. The van der Waals surface area contributed by atoms with Gasteiger partial charge in [0.1, 0.15) is 0 Å². The predicted molar refractivity (Wildman–Crippen MR) is 69.9 cm³/mol. The lowest BCUT2D eigenvalue weighted by molar-refractivity contribution is -0.121. The summed E-state index contributed by atoms with van der Waals surface area (Å²) in [5.74, 6) is 0.0439. The number of nitrogens with one attached hydrogen (secondary N) is 2. The zero-order valence-electron chi connectivity index (χ0n) is 11.7. The molecule has 6 heteroatoms. The summed E-state index contributed by atoms with van der Waals surface area (Å²) in [5, 5.41) is 14.2. The highest BCUT2D eigenvalue weighted by atomic mass is 16.1. The summed E-state index contributed by atoms with van der Waals surface area (Å²) in [6.07, 6.45) is 2.31. The van der Waals surface area contributed by atoms with E-state index in [1.807, 2.05) is 13.1 Å². The Morgan fingerprint density at radius 1 is 1.44 bits per heavy atom. The van der Waals surface area contributed by atoms with E-state index in [2.05, 4.69) is 41.7 Å². The van der Waals surface area contributed by atoms with Crippen molar-refractivity contribution in [2.24, 2.45) is 0 Å². The van der Waals surface area contributed by atoms with Crippen molar-refractivity contribution in [1.29, 1.82) is 0 Å². The molecule has 0 bridgehead atoms. The van der Waals surface area contributed by atoms with Gasteiger partial charge >= 0.3 is 0 Å². The minimum atomic E-state index is 0.0439. The zero-order valence-corrected chi connectivity index (χ0v) is 11.7. The second-order valence-electron chi connectivity index (χ2n) is 5.28. The van der Waals surface area contributed by atoms with Gasteiger partial charge in [0.2, 0.25) is 5.91 Å². The molecule has 2 N–H and O–H groups in total. The average Bonchev–Trinajstić information content (AvgIpc) is 2.71. The van der Waals surface area contributed by atoms with E-state index in [1.165, 1.54) is 0 Å². The van der Waals surface area contributed by atoms with Gasteiger partial charge in [-0.15, -0.1) is 5.10 Å². The van der Waals surface area contributed by atoms with Crippen LogP contribution in [-0.2, 0) is 17.9 Å². The first-order valence-corrected chi connectivity index (χ1v) is 6.31. The van der Waals surface area contributed by atoms with Gasteiger partial charge in [0.05, 0.1) is 12.2 Å². The quantitative estimate of drug-likeness (QED) is 0.782. The molecule has 1 heterocycles. The first-order chi connectivity index (χ1) is 8.40. The molecule has 0 aliphatic carbocycles. The largest absolute Gasteiger partial charge is 0.356 e. The molecular formula is C12H23N5O. The van der Waals surface area contributed by atoms with Crippen molar-refractivity contribution in [3.63, 3.8) is 0 Å². The monoisotopic (exact) mass is 253 g/mol. The van der Waals surface area contributed by atoms with E-state index >= 15 is 0 Å². The van der Waals surface area contributed by atoms with Crippen LogP contribution in [0.2, 0.25) is 0 Å². The summed E-state index contributed by atoms with van der Waals surface area (Å²) in [7, 11) is 0. The second kappa shape index (κ2) is 6.49. The van der Waals surface area contributed by atoms with Crippen LogP contribution in [0.4, 0.5) is 0 Å². The number of amides is 1. The summed E-state index contributed by atoms with van der Waals surface area (Å²) in [5.41, 5.74) is 0.950. The number of aromatic nitrogens is 3. The molecule has 102 valence electrons. The minimum absolute atomic E-state index is 0.0439. The van der Waals surface area contributed by atoms with E-state index in [9.17, 15) is 4.79 Å².